The highest BCUT2D eigenvalue weighted by Gasteiger charge is 2.27. The second kappa shape index (κ2) is 11.8. The summed E-state index contributed by atoms with van der Waals surface area (Å²) >= 11 is 7.62. The Hall–Kier alpha value is -3.03. The molecule has 3 aromatic carbocycles. The molecule has 0 aromatic heterocycles. The molecule has 188 valence electrons. The minimum atomic E-state index is -0.462. The van der Waals surface area contributed by atoms with Gasteiger partial charge >= 0.3 is 0 Å². The Morgan fingerprint density at radius 2 is 1.97 bits per heavy atom. The van der Waals surface area contributed by atoms with E-state index in [0.29, 0.717) is 17.8 Å². The summed E-state index contributed by atoms with van der Waals surface area (Å²) in [6.45, 7) is 6.44. The summed E-state index contributed by atoms with van der Waals surface area (Å²) in [5, 5.41) is 3.25. The number of nitrogens with one attached hydrogen (secondary N) is 1. The van der Waals surface area contributed by atoms with Gasteiger partial charge in [-0.3, -0.25) is 9.59 Å². The normalized spacial score (nSPS) is 12.9. The highest BCUT2D eigenvalue weighted by Crippen LogP contribution is 2.37. The van der Waals surface area contributed by atoms with E-state index in [1.807, 2.05) is 6.07 Å². The number of hydrogen-bond acceptors (Lipinski definition) is 4. The van der Waals surface area contributed by atoms with Gasteiger partial charge in [0.05, 0.1) is 18.0 Å². The van der Waals surface area contributed by atoms with Gasteiger partial charge in [0.1, 0.15) is 5.82 Å². The zero-order chi connectivity index (χ0) is 25.7. The van der Waals surface area contributed by atoms with Crippen molar-refractivity contribution in [1.29, 1.82) is 0 Å². The Bertz CT molecular complexity index is 1250. The molecular formula is C28H29ClFN3O2S. The van der Waals surface area contributed by atoms with Gasteiger partial charge in [0.15, 0.2) is 0 Å². The number of thioether (sulfide) groups is 1. The minimum absolute atomic E-state index is 0.00872. The van der Waals surface area contributed by atoms with Crippen molar-refractivity contribution in [3.63, 3.8) is 0 Å². The lowest BCUT2D eigenvalue weighted by Crippen LogP contribution is -2.35. The van der Waals surface area contributed by atoms with Gasteiger partial charge in [-0.05, 0) is 68.3 Å². The fraction of sp³-hybridized carbons (Fsp3) is 0.286. The van der Waals surface area contributed by atoms with Crippen LogP contribution < -0.4 is 15.1 Å². The van der Waals surface area contributed by atoms with E-state index in [4.69, 9.17) is 11.6 Å². The monoisotopic (exact) mass is 525 g/mol. The van der Waals surface area contributed by atoms with E-state index in [1.165, 1.54) is 40.0 Å². The van der Waals surface area contributed by atoms with Crippen molar-refractivity contribution in [3.8, 4) is 0 Å². The Kier molecular flexibility index (Phi) is 8.54. The lowest BCUT2D eigenvalue weighted by Gasteiger charge is -2.30. The van der Waals surface area contributed by atoms with E-state index >= 15 is 0 Å². The molecule has 0 saturated heterocycles. The Balaban J connectivity index is 1.42. The molecule has 5 nitrogen and oxygen atoms in total. The summed E-state index contributed by atoms with van der Waals surface area (Å²) in [6.07, 6.45) is 0.796. The second-order valence-corrected chi connectivity index (χ2v) is 10.1. The van der Waals surface area contributed by atoms with E-state index in [0.717, 1.165) is 24.4 Å². The Labute approximate surface area is 220 Å². The zero-order valence-corrected chi connectivity index (χ0v) is 22.0. The van der Waals surface area contributed by atoms with E-state index < -0.39 is 5.82 Å². The van der Waals surface area contributed by atoms with Gasteiger partial charge in [0.2, 0.25) is 5.91 Å². The van der Waals surface area contributed by atoms with E-state index in [-0.39, 0.29) is 34.7 Å². The fourth-order valence-corrected chi connectivity index (χ4v) is 5.37. The molecular weight excluding hydrogens is 497 g/mol. The highest BCUT2D eigenvalue weighted by molar-refractivity contribution is 8.00. The lowest BCUT2D eigenvalue weighted by molar-refractivity contribution is -0.116. The minimum Gasteiger partial charge on any atom is -0.372 e. The second-order valence-electron chi connectivity index (χ2n) is 8.68. The number of anilines is 2. The van der Waals surface area contributed by atoms with Crippen LogP contribution in [0.5, 0.6) is 0 Å². The highest BCUT2D eigenvalue weighted by atomic mass is 35.5. The summed E-state index contributed by atoms with van der Waals surface area (Å²) in [4.78, 5) is 30.3. The number of halogens is 2. The summed E-state index contributed by atoms with van der Waals surface area (Å²) < 4.78 is 14.4. The maximum Gasteiger partial charge on any atom is 0.251 e. The van der Waals surface area contributed by atoms with Crippen LogP contribution in [0.3, 0.4) is 0 Å². The molecule has 1 heterocycles. The van der Waals surface area contributed by atoms with Gasteiger partial charge in [0.25, 0.3) is 5.91 Å². The third kappa shape index (κ3) is 6.02. The first kappa shape index (κ1) is 26.0. The SMILES string of the molecule is CCN(CCCNC(=O)c1ccc2c(c1)N(Cc1c(F)cccc1Cl)C(=O)CS2)c1cccc(C)c1. The number of amides is 2. The first-order valence-corrected chi connectivity index (χ1v) is 13.3. The Morgan fingerprint density at radius 3 is 2.72 bits per heavy atom. The molecule has 0 unspecified atom stereocenters. The number of rotatable bonds is 9. The van der Waals surface area contributed by atoms with Crippen LogP contribution in [-0.4, -0.2) is 37.2 Å². The number of carbonyl (C=O) groups excluding carboxylic acids is 2. The number of aryl methyl sites for hydroxylation is 1. The smallest absolute Gasteiger partial charge is 0.251 e. The molecule has 0 fully saturated rings. The van der Waals surface area contributed by atoms with Crippen molar-refractivity contribution in [2.45, 2.75) is 31.7 Å². The van der Waals surface area contributed by atoms with Crippen molar-refractivity contribution >= 4 is 46.6 Å². The molecule has 0 aliphatic carbocycles. The molecule has 0 saturated carbocycles. The van der Waals surface area contributed by atoms with Crippen molar-refractivity contribution in [1.82, 2.24) is 5.32 Å². The van der Waals surface area contributed by atoms with Gasteiger partial charge in [-0.25, -0.2) is 4.39 Å². The maximum absolute atomic E-state index is 14.4. The standard InChI is InChI=1S/C28H29ClFN3O2S/c1-3-32(21-8-4-7-19(2)15-21)14-6-13-31-28(35)20-11-12-26-25(16-20)33(27(34)18-36-26)17-22-23(29)9-5-10-24(22)30/h4-5,7-12,15-16H,3,6,13-14,17-18H2,1-2H3,(H,31,35). The van der Waals surface area contributed by atoms with Crippen LogP contribution in [0.2, 0.25) is 5.02 Å². The van der Waals surface area contributed by atoms with E-state index in [9.17, 15) is 14.0 Å². The molecule has 3 aromatic rings. The third-order valence-electron chi connectivity index (χ3n) is 6.18. The predicted octanol–water partition coefficient (Wildman–Crippen LogP) is 6.07. The average Bonchev–Trinajstić information content (AvgIpc) is 2.87. The topological polar surface area (TPSA) is 52.7 Å². The average molecular weight is 526 g/mol. The van der Waals surface area contributed by atoms with Gasteiger partial charge < -0.3 is 15.1 Å². The first-order valence-electron chi connectivity index (χ1n) is 12.0. The summed E-state index contributed by atoms with van der Waals surface area (Å²) in [6, 6.07) is 18.2. The first-order chi connectivity index (χ1) is 17.4. The van der Waals surface area contributed by atoms with E-state index in [2.05, 4.69) is 48.3 Å². The molecule has 0 spiro atoms. The molecule has 1 N–H and O–H groups in total. The van der Waals surface area contributed by atoms with Crippen LogP contribution in [0.1, 0.15) is 34.8 Å². The van der Waals surface area contributed by atoms with Crippen LogP contribution in [-0.2, 0) is 11.3 Å². The predicted molar refractivity (Wildman–Crippen MR) is 146 cm³/mol. The molecule has 0 radical (unpaired) electrons. The van der Waals surface area contributed by atoms with Crippen LogP contribution in [0.15, 0.2) is 65.6 Å². The maximum atomic E-state index is 14.4. The van der Waals surface area contributed by atoms with Crippen LogP contribution >= 0.6 is 23.4 Å². The van der Waals surface area contributed by atoms with E-state index in [1.54, 1.807) is 18.2 Å². The van der Waals surface area contributed by atoms with Crippen LogP contribution in [0.25, 0.3) is 0 Å². The van der Waals surface area contributed by atoms with Crippen molar-refractivity contribution in [2.24, 2.45) is 0 Å². The zero-order valence-electron chi connectivity index (χ0n) is 20.4. The van der Waals surface area contributed by atoms with Gasteiger partial charge in [-0.15, -0.1) is 11.8 Å². The summed E-state index contributed by atoms with van der Waals surface area (Å²) in [5.74, 6) is -0.571. The quantitative estimate of drug-likeness (QED) is 0.344. The molecule has 1 aliphatic rings. The van der Waals surface area contributed by atoms with Gasteiger partial charge in [-0.2, -0.15) is 0 Å². The fourth-order valence-electron chi connectivity index (χ4n) is 4.23. The summed E-state index contributed by atoms with van der Waals surface area (Å²) in [7, 11) is 0. The van der Waals surface area contributed by atoms with Crippen LogP contribution in [0, 0.1) is 12.7 Å². The molecule has 4 rings (SSSR count). The largest absolute Gasteiger partial charge is 0.372 e. The van der Waals surface area contributed by atoms with Crippen molar-refractivity contribution in [2.75, 3.05) is 35.2 Å². The molecule has 36 heavy (non-hydrogen) atoms. The molecule has 0 bridgehead atoms. The van der Waals surface area contributed by atoms with Gasteiger partial charge in [0, 0.05) is 46.4 Å². The van der Waals surface area contributed by atoms with Crippen LogP contribution in [0.4, 0.5) is 15.8 Å². The number of nitrogens with zero attached hydrogens (tertiary/aromatic N) is 2. The molecule has 8 heteroatoms. The molecule has 2 amide bonds. The van der Waals surface area contributed by atoms with Gasteiger partial charge in [-0.1, -0.05) is 29.8 Å². The number of fused-ring (bicyclic) bond motifs is 1. The van der Waals surface area contributed by atoms with Crippen molar-refractivity contribution in [3.05, 3.63) is 88.2 Å². The molecule has 0 atom stereocenters. The number of hydrogen-bond donors (Lipinski definition) is 1. The summed E-state index contributed by atoms with van der Waals surface area (Å²) in [5.41, 5.74) is 3.71. The Morgan fingerprint density at radius 1 is 1.17 bits per heavy atom. The number of carbonyl (C=O) groups is 2. The lowest BCUT2D eigenvalue weighted by atomic mass is 10.1. The van der Waals surface area contributed by atoms with Crippen molar-refractivity contribution < 1.29 is 14.0 Å². The third-order valence-corrected chi connectivity index (χ3v) is 7.58. The number of benzene rings is 3. The molecule has 1 aliphatic heterocycles.